The molecular weight excluding hydrogens is 324 g/mol. The minimum Gasteiger partial charge on any atom is -0.497 e. The van der Waals surface area contributed by atoms with Gasteiger partial charge in [-0.1, -0.05) is 18.3 Å². The number of aromatic nitrogens is 1. The van der Waals surface area contributed by atoms with Crippen LogP contribution in [0.25, 0.3) is 10.2 Å². The first kappa shape index (κ1) is 16.3. The first-order valence-electron chi connectivity index (χ1n) is 7.71. The van der Waals surface area contributed by atoms with Crippen LogP contribution in [0.3, 0.4) is 0 Å². The fourth-order valence-electron chi connectivity index (χ4n) is 2.53. The predicted octanol–water partition coefficient (Wildman–Crippen LogP) is 3.73. The van der Waals surface area contributed by atoms with Crippen molar-refractivity contribution in [1.29, 1.82) is 0 Å². The Labute approximate surface area is 143 Å². The number of rotatable bonds is 5. The maximum atomic E-state index is 12.3. The molecule has 0 fully saturated rings. The Balaban J connectivity index is 1.84. The van der Waals surface area contributed by atoms with Crippen molar-refractivity contribution in [1.82, 2.24) is 4.57 Å². The van der Waals surface area contributed by atoms with Crippen molar-refractivity contribution in [2.45, 2.75) is 19.9 Å². The Morgan fingerprint density at radius 3 is 2.62 bits per heavy atom. The molecular formula is C18H18N2O3S. The van der Waals surface area contributed by atoms with Gasteiger partial charge in [-0.25, -0.2) is 0 Å². The SMILES string of the molecule is CCCn1c(=O)sc2cc(NC(=O)c3ccc(OC)cc3)ccc21. The number of methoxy groups -OCH3 is 1. The second-order valence-electron chi connectivity index (χ2n) is 5.38. The molecule has 1 aromatic heterocycles. The number of hydrogen-bond acceptors (Lipinski definition) is 4. The molecule has 0 radical (unpaired) electrons. The second-order valence-corrected chi connectivity index (χ2v) is 6.38. The van der Waals surface area contributed by atoms with Crippen LogP contribution < -0.4 is 14.9 Å². The van der Waals surface area contributed by atoms with E-state index in [1.807, 2.05) is 25.1 Å². The summed E-state index contributed by atoms with van der Waals surface area (Å²) in [5, 5.41) is 2.86. The summed E-state index contributed by atoms with van der Waals surface area (Å²) < 4.78 is 7.74. The molecule has 0 unspecified atom stereocenters. The van der Waals surface area contributed by atoms with Crippen LogP contribution >= 0.6 is 11.3 Å². The van der Waals surface area contributed by atoms with E-state index in [4.69, 9.17) is 4.74 Å². The number of carbonyl (C=O) groups is 1. The number of fused-ring (bicyclic) bond motifs is 1. The van der Waals surface area contributed by atoms with Crippen molar-refractivity contribution in [2.75, 3.05) is 12.4 Å². The number of ether oxygens (including phenoxy) is 1. The molecule has 0 saturated heterocycles. The van der Waals surface area contributed by atoms with Crippen LogP contribution in [0.4, 0.5) is 5.69 Å². The van der Waals surface area contributed by atoms with Crippen LogP contribution in [0.2, 0.25) is 0 Å². The van der Waals surface area contributed by atoms with Crippen molar-refractivity contribution in [3.8, 4) is 5.75 Å². The molecule has 3 aromatic rings. The normalized spacial score (nSPS) is 10.8. The molecule has 5 nitrogen and oxygen atoms in total. The number of carbonyl (C=O) groups excluding carboxylic acids is 1. The highest BCUT2D eigenvalue weighted by molar-refractivity contribution is 7.16. The van der Waals surface area contributed by atoms with Crippen LogP contribution in [0.5, 0.6) is 5.75 Å². The fraction of sp³-hybridized carbons (Fsp3) is 0.222. The molecule has 0 aliphatic rings. The maximum absolute atomic E-state index is 12.3. The summed E-state index contributed by atoms with van der Waals surface area (Å²) in [5.74, 6) is 0.507. The highest BCUT2D eigenvalue weighted by Gasteiger charge is 2.10. The smallest absolute Gasteiger partial charge is 0.308 e. The van der Waals surface area contributed by atoms with Gasteiger partial charge in [0.25, 0.3) is 5.91 Å². The maximum Gasteiger partial charge on any atom is 0.308 e. The standard InChI is InChI=1S/C18H18N2O3S/c1-3-10-20-15-9-6-13(11-16(15)24-18(20)22)19-17(21)12-4-7-14(23-2)8-5-12/h4-9,11H,3,10H2,1-2H3,(H,19,21). The zero-order chi connectivity index (χ0) is 17.1. The van der Waals surface area contributed by atoms with E-state index in [0.29, 0.717) is 23.5 Å². The lowest BCUT2D eigenvalue weighted by atomic mass is 10.2. The van der Waals surface area contributed by atoms with E-state index in [2.05, 4.69) is 5.32 Å². The second kappa shape index (κ2) is 6.88. The Kier molecular flexibility index (Phi) is 4.66. The number of anilines is 1. The summed E-state index contributed by atoms with van der Waals surface area (Å²) in [6.07, 6.45) is 0.904. The average molecular weight is 342 g/mol. The molecule has 0 aliphatic carbocycles. The Morgan fingerprint density at radius 1 is 1.21 bits per heavy atom. The van der Waals surface area contributed by atoms with Gasteiger partial charge in [-0.2, -0.15) is 0 Å². The van der Waals surface area contributed by atoms with Crippen LogP contribution in [-0.2, 0) is 6.54 Å². The number of aryl methyl sites for hydroxylation is 1. The molecule has 0 spiro atoms. The lowest BCUT2D eigenvalue weighted by Crippen LogP contribution is -2.12. The third kappa shape index (κ3) is 3.19. The van der Waals surface area contributed by atoms with Gasteiger partial charge < -0.3 is 10.1 Å². The molecule has 0 bridgehead atoms. The van der Waals surface area contributed by atoms with E-state index in [-0.39, 0.29) is 10.8 Å². The monoisotopic (exact) mass is 342 g/mol. The van der Waals surface area contributed by atoms with Crippen molar-refractivity contribution in [3.63, 3.8) is 0 Å². The van der Waals surface area contributed by atoms with Crippen molar-refractivity contribution >= 4 is 33.1 Å². The van der Waals surface area contributed by atoms with Gasteiger partial charge in [0.15, 0.2) is 0 Å². The number of hydrogen-bond donors (Lipinski definition) is 1. The number of benzene rings is 2. The minimum atomic E-state index is -0.197. The predicted molar refractivity (Wildman–Crippen MR) is 97.3 cm³/mol. The van der Waals surface area contributed by atoms with Crippen LogP contribution in [0.1, 0.15) is 23.7 Å². The van der Waals surface area contributed by atoms with Crippen LogP contribution in [-0.4, -0.2) is 17.6 Å². The summed E-state index contributed by atoms with van der Waals surface area (Å²) >= 11 is 1.20. The molecule has 1 N–H and O–H groups in total. The highest BCUT2D eigenvalue weighted by Crippen LogP contribution is 2.23. The summed E-state index contributed by atoms with van der Waals surface area (Å²) in [5.41, 5.74) is 2.13. The van der Waals surface area contributed by atoms with E-state index in [1.54, 1.807) is 35.9 Å². The summed E-state index contributed by atoms with van der Waals surface area (Å²) in [4.78, 5) is 24.4. The molecule has 124 valence electrons. The average Bonchev–Trinajstić information content (AvgIpc) is 2.90. The third-order valence-corrected chi connectivity index (χ3v) is 4.67. The van der Waals surface area contributed by atoms with E-state index < -0.39 is 0 Å². The lowest BCUT2D eigenvalue weighted by Gasteiger charge is -2.07. The highest BCUT2D eigenvalue weighted by atomic mass is 32.1. The van der Waals surface area contributed by atoms with Gasteiger partial charge in [0.2, 0.25) is 0 Å². The molecule has 0 saturated carbocycles. The van der Waals surface area contributed by atoms with Gasteiger partial charge >= 0.3 is 4.87 Å². The van der Waals surface area contributed by atoms with E-state index in [1.165, 1.54) is 11.3 Å². The summed E-state index contributed by atoms with van der Waals surface area (Å²) in [6, 6.07) is 12.5. The fourth-order valence-corrected chi connectivity index (χ4v) is 3.48. The molecule has 0 aliphatic heterocycles. The number of amides is 1. The minimum absolute atomic E-state index is 0.0329. The quantitative estimate of drug-likeness (QED) is 0.768. The van der Waals surface area contributed by atoms with Gasteiger partial charge in [0.05, 0.1) is 17.3 Å². The van der Waals surface area contributed by atoms with Gasteiger partial charge in [-0.3, -0.25) is 14.2 Å². The van der Waals surface area contributed by atoms with Gasteiger partial charge in [-0.05, 0) is 48.9 Å². The van der Waals surface area contributed by atoms with Crippen molar-refractivity contribution in [3.05, 3.63) is 57.7 Å². The van der Waals surface area contributed by atoms with Crippen molar-refractivity contribution < 1.29 is 9.53 Å². The largest absolute Gasteiger partial charge is 0.497 e. The number of nitrogens with zero attached hydrogens (tertiary/aromatic N) is 1. The van der Waals surface area contributed by atoms with Gasteiger partial charge in [0.1, 0.15) is 5.75 Å². The third-order valence-electron chi connectivity index (χ3n) is 3.73. The van der Waals surface area contributed by atoms with E-state index in [0.717, 1.165) is 16.6 Å². The van der Waals surface area contributed by atoms with Crippen LogP contribution in [0.15, 0.2) is 47.3 Å². The van der Waals surface area contributed by atoms with Gasteiger partial charge in [-0.15, -0.1) is 0 Å². The van der Waals surface area contributed by atoms with Gasteiger partial charge in [0, 0.05) is 17.8 Å². The van der Waals surface area contributed by atoms with Crippen molar-refractivity contribution in [2.24, 2.45) is 0 Å². The molecule has 0 atom stereocenters. The zero-order valence-electron chi connectivity index (χ0n) is 13.5. The van der Waals surface area contributed by atoms with E-state index >= 15 is 0 Å². The molecule has 1 amide bonds. The number of nitrogens with one attached hydrogen (secondary N) is 1. The Bertz CT molecular complexity index is 926. The molecule has 3 rings (SSSR count). The molecule has 1 heterocycles. The summed E-state index contributed by atoms with van der Waals surface area (Å²) in [7, 11) is 1.58. The summed E-state index contributed by atoms with van der Waals surface area (Å²) in [6.45, 7) is 2.75. The Hall–Kier alpha value is -2.60. The van der Waals surface area contributed by atoms with Crippen LogP contribution in [0, 0.1) is 0 Å². The first-order chi connectivity index (χ1) is 11.6. The lowest BCUT2D eigenvalue weighted by molar-refractivity contribution is 0.102. The molecule has 2 aromatic carbocycles. The molecule has 6 heteroatoms. The zero-order valence-corrected chi connectivity index (χ0v) is 14.4. The van der Waals surface area contributed by atoms with E-state index in [9.17, 15) is 9.59 Å². The Morgan fingerprint density at radius 2 is 1.96 bits per heavy atom. The number of thiazole rings is 1. The molecule has 24 heavy (non-hydrogen) atoms. The topological polar surface area (TPSA) is 60.3 Å². The first-order valence-corrected chi connectivity index (χ1v) is 8.53.